The highest BCUT2D eigenvalue weighted by atomic mass is 19.2. The zero-order valence-electron chi connectivity index (χ0n) is 11.0. The van der Waals surface area contributed by atoms with Gasteiger partial charge in [0.25, 0.3) is 5.95 Å². The molecule has 1 unspecified atom stereocenters. The molecule has 0 bridgehead atoms. The molecule has 0 aliphatic heterocycles. The lowest BCUT2D eigenvalue weighted by molar-refractivity contribution is -0.131. The van der Waals surface area contributed by atoms with Crippen LogP contribution in [0.15, 0.2) is 6.07 Å². The smallest absolute Gasteiger partial charge is 0.251 e. The molecule has 1 heterocycles. The number of anilines is 1. The van der Waals surface area contributed by atoms with Gasteiger partial charge in [-0.05, 0) is 20.8 Å². The number of carbonyl (C=O) groups is 1. The van der Waals surface area contributed by atoms with Crippen LogP contribution in [0, 0.1) is 17.6 Å². The first kappa shape index (κ1) is 15.3. The predicted molar refractivity (Wildman–Crippen MR) is 65.1 cm³/mol. The maximum Gasteiger partial charge on any atom is 0.251 e. The van der Waals surface area contributed by atoms with Crippen LogP contribution in [0.2, 0.25) is 0 Å². The molecule has 0 spiro atoms. The summed E-state index contributed by atoms with van der Waals surface area (Å²) in [5.74, 6) is -4.57. The van der Waals surface area contributed by atoms with E-state index in [1.807, 2.05) is 13.8 Å². The van der Waals surface area contributed by atoms with Gasteiger partial charge in [0.1, 0.15) is 6.04 Å². The summed E-state index contributed by atoms with van der Waals surface area (Å²) in [6, 6.07) is -0.397. The Morgan fingerprint density at radius 3 is 2.42 bits per heavy atom. The fourth-order valence-corrected chi connectivity index (χ4v) is 1.62. The van der Waals surface area contributed by atoms with E-state index >= 15 is 0 Å². The normalized spacial score (nSPS) is 12.1. The Labute approximate surface area is 109 Å². The number of rotatable bonds is 5. The highest BCUT2D eigenvalue weighted by Crippen LogP contribution is 2.15. The minimum absolute atomic E-state index is 0.268. The van der Waals surface area contributed by atoms with E-state index in [1.165, 1.54) is 11.8 Å². The molecule has 106 valence electrons. The van der Waals surface area contributed by atoms with Gasteiger partial charge in [-0.1, -0.05) is 0 Å². The van der Waals surface area contributed by atoms with Crippen molar-refractivity contribution in [1.29, 1.82) is 0 Å². The molecule has 19 heavy (non-hydrogen) atoms. The Bertz CT molecular complexity index is 464. The molecule has 4 nitrogen and oxygen atoms in total. The van der Waals surface area contributed by atoms with Gasteiger partial charge in [0.2, 0.25) is 5.91 Å². The lowest BCUT2D eigenvalue weighted by Gasteiger charge is -2.23. The van der Waals surface area contributed by atoms with Gasteiger partial charge >= 0.3 is 0 Å². The number of aromatic nitrogens is 1. The van der Waals surface area contributed by atoms with Crippen LogP contribution in [0.25, 0.3) is 0 Å². The number of hydrogen-bond donors (Lipinski definition) is 1. The first-order chi connectivity index (χ1) is 8.90. The van der Waals surface area contributed by atoms with Gasteiger partial charge in [0, 0.05) is 19.2 Å². The molecule has 0 aliphatic rings. The Kier molecular flexibility index (Phi) is 5.14. The van der Waals surface area contributed by atoms with E-state index in [4.69, 9.17) is 0 Å². The summed E-state index contributed by atoms with van der Waals surface area (Å²) in [5.41, 5.74) is 0. The molecule has 0 fully saturated rings. The van der Waals surface area contributed by atoms with Crippen LogP contribution >= 0.6 is 0 Å². The van der Waals surface area contributed by atoms with Crippen molar-refractivity contribution in [3.63, 3.8) is 0 Å². The van der Waals surface area contributed by atoms with Crippen molar-refractivity contribution >= 4 is 11.7 Å². The molecule has 1 amide bonds. The molecule has 1 aromatic heterocycles. The summed E-state index contributed by atoms with van der Waals surface area (Å²) in [6.07, 6.45) is 0. The molecule has 1 N–H and O–H groups in total. The van der Waals surface area contributed by atoms with Crippen molar-refractivity contribution in [3.8, 4) is 0 Å². The monoisotopic (exact) mass is 275 g/mol. The van der Waals surface area contributed by atoms with E-state index in [2.05, 4.69) is 10.3 Å². The van der Waals surface area contributed by atoms with Crippen LogP contribution < -0.4 is 5.32 Å². The number of amides is 1. The number of nitrogens with zero attached hydrogens (tertiary/aromatic N) is 2. The minimum Gasteiger partial charge on any atom is -0.356 e. The Hall–Kier alpha value is -1.79. The van der Waals surface area contributed by atoms with Crippen molar-refractivity contribution in [1.82, 2.24) is 9.88 Å². The van der Waals surface area contributed by atoms with E-state index < -0.39 is 29.4 Å². The molecule has 0 aliphatic carbocycles. The van der Waals surface area contributed by atoms with E-state index in [1.54, 1.807) is 0 Å². The molecule has 0 aromatic carbocycles. The summed E-state index contributed by atoms with van der Waals surface area (Å²) in [4.78, 5) is 16.6. The van der Waals surface area contributed by atoms with Crippen molar-refractivity contribution in [2.75, 3.05) is 18.4 Å². The van der Waals surface area contributed by atoms with E-state index in [-0.39, 0.29) is 5.91 Å². The second kappa shape index (κ2) is 6.40. The number of likely N-dealkylation sites (N-methyl/N-ethyl adjacent to an activating group) is 1. The second-order valence-corrected chi connectivity index (χ2v) is 3.97. The largest absolute Gasteiger partial charge is 0.356 e. The first-order valence-corrected chi connectivity index (χ1v) is 5.97. The lowest BCUT2D eigenvalue weighted by Crippen LogP contribution is -2.41. The number of halogens is 3. The summed E-state index contributed by atoms with van der Waals surface area (Å²) in [7, 11) is 0. The standard InChI is InChI=1S/C12H16F3N3O/c1-4-18(5-2)12(19)7(3)16-11-9(14)6-8(13)10(15)17-11/h6-7H,4-5H2,1-3H3,(H,16,17). The van der Waals surface area contributed by atoms with Gasteiger partial charge in [-0.3, -0.25) is 4.79 Å². The van der Waals surface area contributed by atoms with E-state index in [9.17, 15) is 18.0 Å². The third-order valence-corrected chi connectivity index (χ3v) is 2.69. The van der Waals surface area contributed by atoms with Crippen molar-refractivity contribution in [2.24, 2.45) is 0 Å². The van der Waals surface area contributed by atoms with Gasteiger partial charge in [-0.2, -0.15) is 9.37 Å². The highest BCUT2D eigenvalue weighted by molar-refractivity contribution is 5.84. The molecular formula is C12H16F3N3O. The van der Waals surface area contributed by atoms with Gasteiger partial charge in [0.05, 0.1) is 0 Å². The number of nitrogens with one attached hydrogen (secondary N) is 1. The summed E-state index contributed by atoms with van der Waals surface area (Å²) >= 11 is 0. The Morgan fingerprint density at radius 2 is 1.89 bits per heavy atom. The van der Waals surface area contributed by atoms with Gasteiger partial charge in [-0.15, -0.1) is 0 Å². The quantitative estimate of drug-likeness (QED) is 0.838. The number of carbonyl (C=O) groups excluding carboxylic acids is 1. The lowest BCUT2D eigenvalue weighted by atomic mass is 10.2. The fourth-order valence-electron chi connectivity index (χ4n) is 1.62. The van der Waals surface area contributed by atoms with E-state index in [0.29, 0.717) is 19.2 Å². The zero-order chi connectivity index (χ0) is 14.6. The average molecular weight is 275 g/mol. The molecule has 1 rings (SSSR count). The second-order valence-electron chi connectivity index (χ2n) is 3.97. The molecular weight excluding hydrogens is 259 g/mol. The maximum atomic E-state index is 13.4. The topological polar surface area (TPSA) is 45.2 Å². The number of pyridine rings is 1. The van der Waals surface area contributed by atoms with Crippen LogP contribution in [0.4, 0.5) is 19.0 Å². The Morgan fingerprint density at radius 1 is 1.32 bits per heavy atom. The zero-order valence-corrected chi connectivity index (χ0v) is 11.0. The minimum atomic E-state index is -1.41. The highest BCUT2D eigenvalue weighted by Gasteiger charge is 2.20. The molecule has 1 aromatic rings. The first-order valence-electron chi connectivity index (χ1n) is 5.97. The summed E-state index contributed by atoms with van der Waals surface area (Å²) in [5, 5.41) is 2.44. The average Bonchev–Trinajstić information content (AvgIpc) is 2.37. The van der Waals surface area contributed by atoms with Crippen LogP contribution in [-0.2, 0) is 4.79 Å². The van der Waals surface area contributed by atoms with E-state index in [0.717, 1.165) is 0 Å². The van der Waals surface area contributed by atoms with Crippen molar-refractivity contribution in [3.05, 3.63) is 23.6 Å². The van der Waals surface area contributed by atoms with Gasteiger partial charge in [-0.25, -0.2) is 8.78 Å². The van der Waals surface area contributed by atoms with Crippen LogP contribution in [0.1, 0.15) is 20.8 Å². The Balaban J connectivity index is 2.85. The van der Waals surface area contributed by atoms with Crippen LogP contribution in [0.5, 0.6) is 0 Å². The molecule has 7 heteroatoms. The van der Waals surface area contributed by atoms with Gasteiger partial charge < -0.3 is 10.2 Å². The summed E-state index contributed by atoms with van der Waals surface area (Å²) in [6.45, 7) is 6.14. The molecule has 0 saturated heterocycles. The molecule has 1 atom stereocenters. The number of hydrogen-bond acceptors (Lipinski definition) is 3. The SMILES string of the molecule is CCN(CC)C(=O)C(C)Nc1nc(F)c(F)cc1F. The van der Waals surface area contributed by atoms with Gasteiger partial charge in [0.15, 0.2) is 17.5 Å². The third kappa shape index (κ3) is 3.59. The maximum absolute atomic E-state index is 13.4. The summed E-state index contributed by atoms with van der Waals surface area (Å²) < 4.78 is 39.0. The third-order valence-electron chi connectivity index (χ3n) is 2.69. The molecule has 0 saturated carbocycles. The van der Waals surface area contributed by atoms with Crippen LogP contribution in [-0.4, -0.2) is 34.9 Å². The molecule has 0 radical (unpaired) electrons. The van der Waals surface area contributed by atoms with Crippen molar-refractivity contribution < 1.29 is 18.0 Å². The predicted octanol–water partition coefficient (Wildman–Crippen LogP) is 2.17. The van der Waals surface area contributed by atoms with Crippen LogP contribution in [0.3, 0.4) is 0 Å². The fraction of sp³-hybridized carbons (Fsp3) is 0.500. The van der Waals surface area contributed by atoms with Crippen molar-refractivity contribution in [2.45, 2.75) is 26.8 Å².